The summed E-state index contributed by atoms with van der Waals surface area (Å²) in [5.41, 5.74) is 5.12. The SMILES string of the molecule is CN(C)c1ccc(NC(=O)N2CCC[C@@H](c3nc(-c4ccccc4)c4ccccn34)C2)cc1. The number of hydrogen-bond acceptors (Lipinski definition) is 3. The molecule has 1 atom stereocenters. The molecule has 2 aromatic heterocycles. The number of urea groups is 1. The number of amides is 2. The first kappa shape index (κ1) is 21.1. The fourth-order valence-corrected chi connectivity index (χ4v) is 4.58. The summed E-state index contributed by atoms with van der Waals surface area (Å²) in [5.74, 6) is 1.21. The highest BCUT2D eigenvalue weighted by Crippen LogP contribution is 2.32. The van der Waals surface area contributed by atoms with Crippen LogP contribution in [0.3, 0.4) is 0 Å². The average Bonchev–Trinajstić information content (AvgIpc) is 3.25. The van der Waals surface area contributed by atoms with Gasteiger partial charge in [-0.1, -0.05) is 36.4 Å². The predicted molar refractivity (Wildman–Crippen MR) is 134 cm³/mol. The molecule has 1 aliphatic heterocycles. The van der Waals surface area contributed by atoms with Gasteiger partial charge in [0.1, 0.15) is 5.82 Å². The van der Waals surface area contributed by atoms with Gasteiger partial charge < -0.3 is 19.5 Å². The molecule has 4 aromatic rings. The minimum absolute atomic E-state index is 0.0542. The van der Waals surface area contributed by atoms with Gasteiger partial charge in [-0.25, -0.2) is 9.78 Å². The highest BCUT2D eigenvalue weighted by atomic mass is 16.2. The molecule has 0 bridgehead atoms. The third-order valence-corrected chi connectivity index (χ3v) is 6.33. The van der Waals surface area contributed by atoms with E-state index in [4.69, 9.17) is 4.98 Å². The van der Waals surface area contributed by atoms with E-state index in [-0.39, 0.29) is 11.9 Å². The van der Waals surface area contributed by atoms with Crippen LogP contribution in [0.1, 0.15) is 24.6 Å². The number of anilines is 2. The van der Waals surface area contributed by atoms with Crippen molar-refractivity contribution >= 4 is 22.9 Å². The lowest BCUT2D eigenvalue weighted by Crippen LogP contribution is -2.42. The summed E-state index contributed by atoms with van der Waals surface area (Å²) in [7, 11) is 4.01. The third-order valence-electron chi connectivity index (χ3n) is 6.33. The lowest BCUT2D eigenvalue weighted by Gasteiger charge is -2.32. The molecule has 0 aliphatic carbocycles. The second-order valence-electron chi connectivity index (χ2n) is 8.80. The standard InChI is InChI=1S/C27H29N5O/c1-30(2)23-15-13-22(14-16-23)28-27(33)31-17-8-11-21(19-31)26-29-25(20-9-4-3-5-10-20)24-12-6-7-18-32(24)26/h3-7,9-10,12-16,18,21H,8,11,17,19H2,1-2H3,(H,28,33)/t21-/m1/s1. The number of pyridine rings is 1. The third kappa shape index (κ3) is 4.29. The van der Waals surface area contributed by atoms with Gasteiger partial charge in [0, 0.05) is 56.2 Å². The van der Waals surface area contributed by atoms with Crippen molar-refractivity contribution < 1.29 is 4.79 Å². The number of nitrogens with zero attached hydrogens (tertiary/aromatic N) is 4. The van der Waals surface area contributed by atoms with E-state index in [0.29, 0.717) is 6.54 Å². The monoisotopic (exact) mass is 439 g/mol. The van der Waals surface area contributed by atoms with Gasteiger partial charge in [0.25, 0.3) is 0 Å². The van der Waals surface area contributed by atoms with Gasteiger partial charge in [0.15, 0.2) is 0 Å². The Morgan fingerprint density at radius 2 is 1.76 bits per heavy atom. The maximum atomic E-state index is 13.0. The number of piperidine rings is 1. The Hall–Kier alpha value is -3.80. The Kier molecular flexibility index (Phi) is 5.73. The van der Waals surface area contributed by atoms with Crippen LogP contribution in [0.15, 0.2) is 79.0 Å². The molecular weight excluding hydrogens is 410 g/mol. The zero-order valence-electron chi connectivity index (χ0n) is 19.1. The lowest BCUT2D eigenvalue weighted by atomic mass is 9.97. The van der Waals surface area contributed by atoms with E-state index >= 15 is 0 Å². The van der Waals surface area contributed by atoms with Crippen LogP contribution in [0, 0.1) is 0 Å². The van der Waals surface area contributed by atoms with E-state index in [0.717, 1.165) is 53.4 Å². The summed E-state index contributed by atoms with van der Waals surface area (Å²) >= 11 is 0. The maximum Gasteiger partial charge on any atom is 0.321 e. The Balaban J connectivity index is 1.37. The second kappa shape index (κ2) is 8.98. The first-order valence-corrected chi connectivity index (χ1v) is 11.5. The minimum atomic E-state index is -0.0542. The summed E-state index contributed by atoms with van der Waals surface area (Å²) < 4.78 is 2.19. The van der Waals surface area contributed by atoms with Gasteiger partial charge in [-0.15, -0.1) is 0 Å². The van der Waals surface area contributed by atoms with E-state index in [1.807, 2.05) is 72.4 Å². The number of likely N-dealkylation sites (tertiary alicyclic amines) is 1. The van der Waals surface area contributed by atoms with Crippen molar-refractivity contribution in [3.05, 3.63) is 84.8 Å². The normalized spacial score (nSPS) is 16.1. The quantitative estimate of drug-likeness (QED) is 0.458. The zero-order valence-corrected chi connectivity index (χ0v) is 19.1. The highest BCUT2D eigenvalue weighted by molar-refractivity contribution is 5.89. The molecule has 6 heteroatoms. The maximum absolute atomic E-state index is 13.0. The van der Waals surface area contributed by atoms with Crippen LogP contribution in [0.5, 0.6) is 0 Å². The van der Waals surface area contributed by atoms with Gasteiger partial charge in [-0.2, -0.15) is 0 Å². The van der Waals surface area contributed by atoms with Crippen molar-refractivity contribution in [3.8, 4) is 11.3 Å². The molecule has 2 amide bonds. The van der Waals surface area contributed by atoms with Crippen molar-refractivity contribution in [1.29, 1.82) is 0 Å². The molecule has 0 unspecified atom stereocenters. The van der Waals surface area contributed by atoms with Crippen LogP contribution in [0.4, 0.5) is 16.2 Å². The van der Waals surface area contributed by atoms with Crippen LogP contribution in [0.25, 0.3) is 16.8 Å². The van der Waals surface area contributed by atoms with Gasteiger partial charge >= 0.3 is 6.03 Å². The van der Waals surface area contributed by atoms with Crippen LogP contribution in [-0.2, 0) is 0 Å². The van der Waals surface area contributed by atoms with Gasteiger partial charge in [0.05, 0.1) is 11.2 Å². The molecule has 2 aromatic carbocycles. The first-order chi connectivity index (χ1) is 16.1. The summed E-state index contributed by atoms with van der Waals surface area (Å²) in [6.07, 6.45) is 4.05. The molecule has 1 N–H and O–H groups in total. The first-order valence-electron chi connectivity index (χ1n) is 11.5. The number of fused-ring (bicyclic) bond motifs is 1. The molecule has 1 aliphatic rings. The van der Waals surface area contributed by atoms with E-state index in [1.54, 1.807) is 0 Å². The van der Waals surface area contributed by atoms with Crippen molar-refractivity contribution in [3.63, 3.8) is 0 Å². The molecular formula is C27H29N5O. The van der Waals surface area contributed by atoms with Gasteiger partial charge in [0.2, 0.25) is 0 Å². The fraction of sp³-hybridized carbons (Fsp3) is 0.259. The molecule has 1 saturated heterocycles. The molecule has 3 heterocycles. The number of rotatable bonds is 4. The van der Waals surface area contributed by atoms with E-state index in [9.17, 15) is 4.79 Å². The Morgan fingerprint density at radius 3 is 2.52 bits per heavy atom. The molecule has 0 radical (unpaired) electrons. The number of carbonyl (C=O) groups is 1. The van der Waals surface area contributed by atoms with E-state index in [2.05, 4.69) is 40.2 Å². The summed E-state index contributed by atoms with van der Waals surface area (Å²) in [6, 6.07) is 24.4. The summed E-state index contributed by atoms with van der Waals surface area (Å²) in [4.78, 5) is 22.1. The summed E-state index contributed by atoms with van der Waals surface area (Å²) in [5, 5.41) is 3.06. The summed E-state index contributed by atoms with van der Waals surface area (Å²) in [6.45, 7) is 1.41. The van der Waals surface area contributed by atoms with Crippen molar-refractivity contribution in [2.75, 3.05) is 37.4 Å². The zero-order chi connectivity index (χ0) is 22.8. The Bertz CT molecular complexity index is 1250. The number of imidazole rings is 1. The molecule has 33 heavy (non-hydrogen) atoms. The largest absolute Gasteiger partial charge is 0.378 e. The second-order valence-corrected chi connectivity index (χ2v) is 8.80. The van der Waals surface area contributed by atoms with Gasteiger partial charge in [-0.3, -0.25) is 0 Å². The molecule has 0 spiro atoms. The van der Waals surface area contributed by atoms with Gasteiger partial charge in [-0.05, 0) is 49.2 Å². The molecule has 6 nitrogen and oxygen atoms in total. The lowest BCUT2D eigenvalue weighted by molar-refractivity contribution is 0.191. The average molecular weight is 440 g/mol. The number of hydrogen-bond donors (Lipinski definition) is 1. The Morgan fingerprint density at radius 1 is 1.00 bits per heavy atom. The van der Waals surface area contributed by atoms with Crippen LogP contribution in [0.2, 0.25) is 0 Å². The molecule has 1 fully saturated rings. The van der Waals surface area contributed by atoms with Crippen molar-refractivity contribution in [2.24, 2.45) is 0 Å². The Labute approximate surface area is 194 Å². The number of nitrogens with one attached hydrogen (secondary N) is 1. The van der Waals surface area contributed by atoms with Crippen LogP contribution < -0.4 is 10.2 Å². The van der Waals surface area contributed by atoms with E-state index < -0.39 is 0 Å². The minimum Gasteiger partial charge on any atom is -0.378 e. The van der Waals surface area contributed by atoms with Crippen molar-refractivity contribution in [1.82, 2.24) is 14.3 Å². The topological polar surface area (TPSA) is 52.9 Å². The van der Waals surface area contributed by atoms with E-state index in [1.165, 1.54) is 0 Å². The number of aromatic nitrogens is 2. The van der Waals surface area contributed by atoms with Crippen molar-refractivity contribution in [2.45, 2.75) is 18.8 Å². The molecule has 0 saturated carbocycles. The predicted octanol–water partition coefficient (Wildman–Crippen LogP) is 5.48. The van der Waals surface area contributed by atoms with Crippen LogP contribution in [-0.4, -0.2) is 47.5 Å². The molecule has 5 rings (SSSR count). The molecule has 168 valence electrons. The number of benzene rings is 2. The fourth-order valence-electron chi connectivity index (χ4n) is 4.58. The van der Waals surface area contributed by atoms with Crippen LogP contribution >= 0.6 is 0 Å². The smallest absolute Gasteiger partial charge is 0.321 e. The highest BCUT2D eigenvalue weighted by Gasteiger charge is 2.28. The number of carbonyl (C=O) groups excluding carboxylic acids is 1.